The molecule has 0 atom stereocenters. The summed E-state index contributed by atoms with van der Waals surface area (Å²) in [6.07, 6.45) is 0. The lowest BCUT2D eigenvalue weighted by atomic mass is 10.1. The van der Waals surface area contributed by atoms with E-state index in [-0.39, 0.29) is 5.56 Å². The Balaban J connectivity index is 1.92. The molecular formula is C18H16N2O3S. The lowest BCUT2D eigenvalue weighted by Gasteiger charge is -2.06. The van der Waals surface area contributed by atoms with Crippen molar-refractivity contribution >= 4 is 28.6 Å². The minimum Gasteiger partial charge on any atom is -0.465 e. The van der Waals surface area contributed by atoms with Gasteiger partial charge in [-0.25, -0.2) is 9.78 Å². The minimum atomic E-state index is -0.449. The molecule has 0 aliphatic rings. The summed E-state index contributed by atoms with van der Waals surface area (Å²) < 4.78 is 4.71. The van der Waals surface area contributed by atoms with Crippen LogP contribution in [-0.2, 0) is 10.5 Å². The number of aromatic amines is 1. The number of nitrogens with one attached hydrogen (secondary N) is 1. The Bertz CT molecular complexity index is 966. The van der Waals surface area contributed by atoms with Crippen LogP contribution in [0, 0.1) is 6.92 Å². The largest absolute Gasteiger partial charge is 0.465 e. The second kappa shape index (κ2) is 6.88. The number of rotatable bonds is 4. The van der Waals surface area contributed by atoms with Gasteiger partial charge in [0.15, 0.2) is 0 Å². The standard InChI is InChI=1S/C18H16N2O3S/c1-11-5-3-4-6-15(11)24-10-16-19-14-9-12(18(22)23-2)7-8-13(14)17(21)20-16/h3-9H,10H2,1-2H3,(H,19,20,21). The highest BCUT2D eigenvalue weighted by Gasteiger charge is 2.10. The Morgan fingerprint density at radius 1 is 1.25 bits per heavy atom. The highest BCUT2D eigenvalue weighted by atomic mass is 32.2. The smallest absolute Gasteiger partial charge is 0.337 e. The Morgan fingerprint density at radius 3 is 2.79 bits per heavy atom. The molecule has 3 aromatic rings. The van der Waals surface area contributed by atoms with Crippen LogP contribution in [0.3, 0.4) is 0 Å². The highest BCUT2D eigenvalue weighted by molar-refractivity contribution is 7.98. The topological polar surface area (TPSA) is 72.1 Å². The molecule has 6 heteroatoms. The maximum Gasteiger partial charge on any atom is 0.337 e. The molecule has 0 aliphatic heterocycles. The summed E-state index contributed by atoms with van der Waals surface area (Å²) >= 11 is 1.61. The summed E-state index contributed by atoms with van der Waals surface area (Å²) in [6.45, 7) is 2.04. The molecule has 3 rings (SSSR count). The second-order valence-electron chi connectivity index (χ2n) is 5.29. The number of nitrogens with zero attached hydrogens (tertiary/aromatic N) is 1. The Kier molecular flexibility index (Phi) is 4.66. The molecule has 1 N–H and O–H groups in total. The molecule has 1 aromatic heterocycles. The maximum atomic E-state index is 12.2. The van der Waals surface area contributed by atoms with E-state index >= 15 is 0 Å². The third-order valence-electron chi connectivity index (χ3n) is 3.63. The normalized spacial score (nSPS) is 10.8. The summed E-state index contributed by atoms with van der Waals surface area (Å²) in [5, 5.41) is 0.451. The van der Waals surface area contributed by atoms with E-state index in [2.05, 4.69) is 9.97 Å². The molecule has 0 radical (unpaired) electrons. The number of aromatic nitrogens is 2. The van der Waals surface area contributed by atoms with Crippen LogP contribution in [0.4, 0.5) is 0 Å². The van der Waals surface area contributed by atoms with Gasteiger partial charge in [0.25, 0.3) is 5.56 Å². The van der Waals surface area contributed by atoms with Gasteiger partial charge in [-0.15, -0.1) is 11.8 Å². The molecule has 0 saturated heterocycles. The van der Waals surface area contributed by atoms with E-state index in [1.54, 1.807) is 30.0 Å². The number of H-pyrrole nitrogens is 1. The Hall–Kier alpha value is -2.60. The molecular weight excluding hydrogens is 324 g/mol. The molecule has 1 heterocycles. The number of fused-ring (bicyclic) bond motifs is 1. The SMILES string of the molecule is COC(=O)c1ccc2c(=O)[nH]c(CSc3ccccc3C)nc2c1. The number of esters is 1. The van der Waals surface area contributed by atoms with Crippen molar-refractivity contribution in [1.29, 1.82) is 0 Å². The first-order valence-corrected chi connectivity index (χ1v) is 8.37. The van der Waals surface area contributed by atoms with Crippen LogP contribution in [0.1, 0.15) is 21.7 Å². The number of carbonyl (C=O) groups is 1. The lowest BCUT2D eigenvalue weighted by molar-refractivity contribution is 0.0601. The summed E-state index contributed by atoms with van der Waals surface area (Å²) in [4.78, 5) is 32.3. The number of carbonyl (C=O) groups excluding carboxylic acids is 1. The van der Waals surface area contributed by atoms with E-state index in [0.29, 0.717) is 28.0 Å². The van der Waals surface area contributed by atoms with Gasteiger partial charge in [0.2, 0.25) is 0 Å². The van der Waals surface area contributed by atoms with Crippen molar-refractivity contribution in [2.24, 2.45) is 0 Å². The van der Waals surface area contributed by atoms with Crippen LogP contribution in [0.2, 0.25) is 0 Å². The first kappa shape index (κ1) is 16.3. The first-order valence-electron chi connectivity index (χ1n) is 7.38. The van der Waals surface area contributed by atoms with Crippen molar-refractivity contribution in [3.8, 4) is 0 Å². The van der Waals surface area contributed by atoms with Crippen molar-refractivity contribution < 1.29 is 9.53 Å². The molecule has 0 aliphatic carbocycles. The number of thioether (sulfide) groups is 1. The third kappa shape index (κ3) is 3.33. The molecule has 0 bridgehead atoms. The quantitative estimate of drug-likeness (QED) is 0.583. The molecule has 0 unspecified atom stereocenters. The van der Waals surface area contributed by atoms with Crippen molar-refractivity contribution in [3.05, 3.63) is 69.8 Å². The molecule has 5 nitrogen and oxygen atoms in total. The van der Waals surface area contributed by atoms with E-state index in [0.717, 1.165) is 4.90 Å². The zero-order chi connectivity index (χ0) is 17.1. The molecule has 0 spiro atoms. The van der Waals surface area contributed by atoms with E-state index < -0.39 is 5.97 Å². The van der Waals surface area contributed by atoms with Gasteiger partial charge in [-0.2, -0.15) is 0 Å². The van der Waals surface area contributed by atoms with Crippen LogP contribution in [-0.4, -0.2) is 23.0 Å². The molecule has 0 fully saturated rings. The predicted octanol–water partition coefficient (Wildman–Crippen LogP) is 3.31. The Labute approximate surface area is 143 Å². The Morgan fingerprint density at radius 2 is 2.04 bits per heavy atom. The zero-order valence-electron chi connectivity index (χ0n) is 13.3. The number of methoxy groups -OCH3 is 1. The second-order valence-corrected chi connectivity index (χ2v) is 6.31. The van der Waals surface area contributed by atoms with Gasteiger partial charge in [0.05, 0.1) is 29.3 Å². The van der Waals surface area contributed by atoms with Crippen LogP contribution >= 0.6 is 11.8 Å². The van der Waals surface area contributed by atoms with Crippen molar-refractivity contribution in [2.75, 3.05) is 7.11 Å². The zero-order valence-corrected chi connectivity index (χ0v) is 14.1. The number of hydrogen-bond acceptors (Lipinski definition) is 5. The maximum absolute atomic E-state index is 12.2. The molecule has 0 saturated carbocycles. The van der Waals surface area contributed by atoms with Gasteiger partial charge >= 0.3 is 5.97 Å². The number of aryl methyl sites for hydroxylation is 1. The van der Waals surface area contributed by atoms with Crippen LogP contribution < -0.4 is 5.56 Å². The van der Waals surface area contributed by atoms with Gasteiger partial charge in [-0.3, -0.25) is 4.79 Å². The van der Waals surface area contributed by atoms with Crippen molar-refractivity contribution in [1.82, 2.24) is 9.97 Å². The fourth-order valence-electron chi connectivity index (χ4n) is 2.37. The average Bonchev–Trinajstić information content (AvgIpc) is 2.60. The summed E-state index contributed by atoms with van der Waals surface area (Å²) in [5.74, 6) is 0.663. The van der Waals surface area contributed by atoms with Gasteiger partial charge in [-0.1, -0.05) is 18.2 Å². The monoisotopic (exact) mass is 340 g/mol. The fourth-order valence-corrected chi connectivity index (χ4v) is 3.26. The molecule has 24 heavy (non-hydrogen) atoms. The first-order chi connectivity index (χ1) is 11.6. The molecule has 122 valence electrons. The summed E-state index contributed by atoms with van der Waals surface area (Å²) in [5.41, 5.74) is 1.83. The lowest BCUT2D eigenvalue weighted by Crippen LogP contribution is -2.12. The van der Waals surface area contributed by atoms with Crippen molar-refractivity contribution in [3.63, 3.8) is 0 Å². The van der Waals surface area contributed by atoms with E-state index in [4.69, 9.17) is 4.74 Å². The van der Waals surface area contributed by atoms with Gasteiger partial charge < -0.3 is 9.72 Å². The third-order valence-corrected chi connectivity index (χ3v) is 4.82. The van der Waals surface area contributed by atoms with Crippen LogP contribution in [0.5, 0.6) is 0 Å². The average molecular weight is 340 g/mol. The number of ether oxygens (including phenoxy) is 1. The molecule has 0 amide bonds. The predicted molar refractivity (Wildman–Crippen MR) is 94.4 cm³/mol. The van der Waals surface area contributed by atoms with Crippen molar-refractivity contribution in [2.45, 2.75) is 17.6 Å². The summed E-state index contributed by atoms with van der Waals surface area (Å²) in [6, 6.07) is 12.8. The van der Waals surface area contributed by atoms with Crippen LogP contribution in [0.25, 0.3) is 10.9 Å². The summed E-state index contributed by atoms with van der Waals surface area (Å²) in [7, 11) is 1.32. The highest BCUT2D eigenvalue weighted by Crippen LogP contribution is 2.24. The number of hydrogen-bond donors (Lipinski definition) is 1. The molecule has 2 aromatic carbocycles. The van der Waals surface area contributed by atoms with E-state index in [1.807, 2.05) is 31.2 Å². The number of benzene rings is 2. The van der Waals surface area contributed by atoms with Gasteiger partial charge in [-0.05, 0) is 36.8 Å². The van der Waals surface area contributed by atoms with Gasteiger partial charge in [0, 0.05) is 4.90 Å². The van der Waals surface area contributed by atoms with Crippen LogP contribution in [0.15, 0.2) is 52.2 Å². The fraction of sp³-hybridized carbons (Fsp3) is 0.167. The minimum absolute atomic E-state index is 0.211. The van der Waals surface area contributed by atoms with E-state index in [1.165, 1.54) is 12.7 Å². The van der Waals surface area contributed by atoms with Gasteiger partial charge in [0.1, 0.15) is 5.82 Å². The van der Waals surface area contributed by atoms with E-state index in [9.17, 15) is 9.59 Å².